The van der Waals surface area contributed by atoms with Gasteiger partial charge in [0.1, 0.15) is 5.75 Å². The number of carbonyl (C=O) groups excluding carboxylic acids is 5. The van der Waals surface area contributed by atoms with E-state index in [0.29, 0.717) is 59.7 Å². The van der Waals surface area contributed by atoms with Gasteiger partial charge in [0.25, 0.3) is 23.6 Å². The molecule has 0 spiro atoms. The van der Waals surface area contributed by atoms with Gasteiger partial charge >= 0.3 is 24.3 Å². The second-order valence-electron chi connectivity index (χ2n) is 15.4. The number of alkyl halides is 6. The van der Waals surface area contributed by atoms with Crippen molar-refractivity contribution in [2.75, 3.05) is 23.8 Å². The van der Waals surface area contributed by atoms with Crippen LogP contribution in [0.25, 0.3) is 0 Å². The van der Waals surface area contributed by atoms with Crippen LogP contribution in [-0.4, -0.2) is 100 Å². The minimum absolute atomic E-state index is 0.0921. The Morgan fingerprint density at radius 3 is 1.86 bits per heavy atom. The summed E-state index contributed by atoms with van der Waals surface area (Å²) in [5, 5.41) is 35.4. The Morgan fingerprint density at radius 2 is 1.30 bits per heavy atom. The predicted molar refractivity (Wildman–Crippen MR) is 238 cm³/mol. The van der Waals surface area contributed by atoms with Gasteiger partial charge in [-0.25, -0.2) is 9.59 Å². The van der Waals surface area contributed by atoms with Crippen molar-refractivity contribution in [2.45, 2.75) is 69.8 Å². The average Bonchev–Trinajstić information content (AvgIpc) is 4.16. The molecule has 4 aromatic carbocycles. The number of carboxylic acid groups (broad SMARTS) is 2. The number of fused-ring (bicyclic) bond motifs is 1. The molecule has 70 heavy (non-hydrogen) atoms. The number of rotatable bonds is 16. The van der Waals surface area contributed by atoms with Gasteiger partial charge < -0.3 is 57.9 Å². The highest BCUT2D eigenvalue weighted by Gasteiger charge is 2.39. The van der Waals surface area contributed by atoms with Crippen LogP contribution in [0.1, 0.15) is 73.4 Å². The Balaban J connectivity index is 0.000000664. The molecule has 1 atom stereocenters. The Morgan fingerprint density at radius 1 is 0.757 bits per heavy atom. The summed E-state index contributed by atoms with van der Waals surface area (Å²) >= 11 is 0. The number of amides is 5. The van der Waals surface area contributed by atoms with Crippen LogP contribution >= 0.6 is 0 Å². The van der Waals surface area contributed by atoms with Crippen molar-refractivity contribution >= 4 is 58.8 Å². The smallest absolute Gasteiger partial charge is 0.482 e. The number of benzene rings is 4. The molecule has 0 unspecified atom stereocenters. The fraction of sp³-hybridized carbons (Fsp3) is 0.289. The fourth-order valence-corrected chi connectivity index (χ4v) is 6.12. The van der Waals surface area contributed by atoms with E-state index in [9.17, 15) is 50.3 Å². The molecule has 0 saturated heterocycles. The van der Waals surface area contributed by atoms with Gasteiger partial charge in [0.2, 0.25) is 5.91 Å². The van der Waals surface area contributed by atoms with E-state index in [1.165, 1.54) is 0 Å². The van der Waals surface area contributed by atoms with Gasteiger partial charge in [-0.3, -0.25) is 29.4 Å². The summed E-state index contributed by atoms with van der Waals surface area (Å²) in [6.07, 6.45) is -7.28. The largest absolute Gasteiger partial charge is 0.490 e. The molecule has 19 nitrogen and oxygen atoms in total. The van der Waals surface area contributed by atoms with Gasteiger partial charge in [0, 0.05) is 54.6 Å². The first-order chi connectivity index (χ1) is 32.9. The van der Waals surface area contributed by atoms with Gasteiger partial charge in [-0.05, 0) is 97.0 Å². The lowest BCUT2D eigenvalue weighted by molar-refractivity contribution is -0.193. The molecular formula is C45H47F6N9O10. The molecule has 1 aliphatic heterocycles. The highest BCUT2D eigenvalue weighted by Crippen LogP contribution is 2.33. The minimum Gasteiger partial charge on any atom is -0.482 e. The molecule has 25 heteroatoms. The first-order valence-electron chi connectivity index (χ1n) is 20.9. The van der Waals surface area contributed by atoms with Crippen molar-refractivity contribution in [3.63, 3.8) is 0 Å². The maximum Gasteiger partial charge on any atom is 0.490 e. The summed E-state index contributed by atoms with van der Waals surface area (Å²) in [6, 6.07) is 25.7. The standard InChI is InChI=1S/C41H45N9O6.2C2HF3O2/c42-33(5-2-18-45-41(43)44)39(54)47-22-27-4-1-3-26(19-27)21-46-37(52)28-10-13-31(14-11-28)48-38(53)29-8-6-25(7-9-29)23-50(32-15-16-32)40(55)30-12-17-34-35(20-30)56-24-36(51)49-34;2*3-2(4,5)1(6)7/h1,3-4,6-14,17,19-20,32-33H,2,5,15-16,18,21-24,42H2,(H,46,52)(H,47,54)(H,48,53)(H,49,51)(H4,43,44,45);2*(H,6,7)/t33-;;/m0../s1. The van der Waals surface area contributed by atoms with Crippen molar-refractivity contribution < 1.29 is 74.9 Å². The van der Waals surface area contributed by atoms with Crippen LogP contribution in [0.3, 0.4) is 0 Å². The molecule has 374 valence electrons. The number of halogens is 6. The maximum atomic E-state index is 13.5. The molecule has 6 rings (SSSR count). The van der Waals surface area contributed by atoms with Crippen LogP contribution in [0.4, 0.5) is 37.7 Å². The molecule has 1 aliphatic carbocycles. The number of hydrogen-bond donors (Lipinski definition) is 10. The molecule has 2 aliphatic rings. The quantitative estimate of drug-likeness (QED) is 0.0321. The van der Waals surface area contributed by atoms with Crippen LogP contribution in [0.15, 0.2) is 91.0 Å². The van der Waals surface area contributed by atoms with E-state index < -0.39 is 30.3 Å². The monoisotopic (exact) mass is 987 g/mol. The molecule has 5 amide bonds. The Kier molecular flexibility index (Phi) is 19.2. The molecule has 1 heterocycles. The van der Waals surface area contributed by atoms with E-state index in [0.717, 1.165) is 29.5 Å². The molecule has 0 radical (unpaired) electrons. The third-order valence-corrected chi connectivity index (χ3v) is 9.82. The predicted octanol–water partition coefficient (Wildman–Crippen LogP) is 4.48. The number of nitrogens with one attached hydrogen (secondary N) is 6. The minimum atomic E-state index is -5.08. The Bertz CT molecular complexity index is 2520. The molecule has 12 N–H and O–H groups in total. The first-order valence-corrected chi connectivity index (χ1v) is 20.9. The number of anilines is 2. The number of nitrogens with two attached hydrogens (primary N) is 2. The normalized spacial score (nSPS) is 13.1. The third kappa shape index (κ3) is 17.8. The van der Waals surface area contributed by atoms with Crippen LogP contribution in [0.2, 0.25) is 0 Å². The molecule has 4 aromatic rings. The van der Waals surface area contributed by atoms with Crippen LogP contribution < -0.4 is 42.8 Å². The SMILES string of the molecule is N=C(N)NCCC[C@H](N)C(=O)NCc1cccc(CNC(=O)c2ccc(NC(=O)c3ccc(CN(C(=O)c4ccc5c(c4)OCC(=O)N5)C4CC4)cc3)cc2)c1.O=C(O)C(F)(F)F.O=C(O)C(F)(F)F. The van der Waals surface area contributed by atoms with Crippen molar-refractivity contribution in [2.24, 2.45) is 11.5 Å². The zero-order valence-electron chi connectivity index (χ0n) is 36.7. The lowest BCUT2D eigenvalue weighted by Crippen LogP contribution is -2.41. The van der Waals surface area contributed by atoms with Crippen molar-refractivity contribution in [1.82, 2.24) is 20.9 Å². The number of carbonyl (C=O) groups is 7. The van der Waals surface area contributed by atoms with E-state index in [1.54, 1.807) is 54.6 Å². The highest BCUT2D eigenvalue weighted by atomic mass is 19.4. The summed E-state index contributed by atoms with van der Waals surface area (Å²) in [5.74, 6) is -6.41. The summed E-state index contributed by atoms with van der Waals surface area (Å²) in [6.45, 7) is 1.31. The lowest BCUT2D eigenvalue weighted by atomic mass is 10.1. The number of ether oxygens (including phenoxy) is 1. The molecule has 0 bridgehead atoms. The average molecular weight is 988 g/mol. The summed E-state index contributed by atoms with van der Waals surface area (Å²) in [5.41, 5.74) is 16.2. The van der Waals surface area contributed by atoms with E-state index in [1.807, 2.05) is 41.3 Å². The van der Waals surface area contributed by atoms with Crippen LogP contribution in [0.5, 0.6) is 5.75 Å². The van der Waals surface area contributed by atoms with Gasteiger partial charge in [-0.15, -0.1) is 0 Å². The number of carboxylic acids is 2. The zero-order chi connectivity index (χ0) is 51.8. The first kappa shape index (κ1) is 54.4. The second kappa shape index (κ2) is 24.7. The number of hydrogen-bond acceptors (Lipinski definition) is 10. The highest BCUT2D eigenvalue weighted by molar-refractivity contribution is 6.05. The number of aliphatic carboxylic acids is 2. The topological polar surface area (TPSA) is 308 Å². The van der Waals surface area contributed by atoms with E-state index >= 15 is 0 Å². The summed E-state index contributed by atoms with van der Waals surface area (Å²) in [4.78, 5) is 83.1. The third-order valence-electron chi connectivity index (χ3n) is 9.82. The molecule has 1 saturated carbocycles. The van der Waals surface area contributed by atoms with Crippen molar-refractivity contribution in [3.05, 3.63) is 124 Å². The lowest BCUT2D eigenvalue weighted by Gasteiger charge is -2.24. The van der Waals surface area contributed by atoms with Crippen molar-refractivity contribution in [3.8, 4) is 5.75 Å². The number of guanidine groups is 1. The zero-order valence-corrected chi connectivity index (χ0v) is 36.7. The maximum absolute atomic E-state index is 13.5. The summed E-state index contributed by atoms with van der Waals surface area (Å²) in [7, 11) is 0. The van der Waals surface area contributed by atoms with Gasteiger partial charge in [0.15, 0.2) is 12.6 Å². The van der Waals surface area contributed by atoms with Gasteiger partial charge in [-0.1, -0.05) is 36.4 Å². The van der Waals surface area contributed by atoms with E-state index in [-0.39, 0.29) is 61.2 Å². The number of nitrogens with zero attached hydrogens (tertiary/aromatic N) is 1. The van der Waals surface area contributed by atoms with Crippen LogP contribution in [-0.2, 0) is 38.8 Å². The molecule has 0 aromatic heterocycles. The van der Waals surface area contributed by atoms with Gasteiger partial charge in [0.05, 0.1) is 11.7 Å². The second-order valence-corrected chi connectivity index (χ2v) is 15.4. The molecule has 1 fully saturated rings. The fourth-order valence-electron chi connectivity index (χ4n) is 6.12. The van der Waals surface area contributed by atoms with Crippen LogP contribution in [0, 0.1) is 5.41 Å². The Labute approximate surface area is 394 Å². The van der Waals surface area contributed by atoms with E-state index in [2.05, 4.69) is 26.6 Å². The van der Waals surface area contributed by atoms with Gasteiger partial charge in [-0.2, -0.15) is 26.3 Å². The molecular weight excluding hydrogens is 941 g/mol. The van der Waals surface area contributed by atoms with Crippen molar-refractivity contribution in [1.29, 1.82) is 5.41 Å². The summed E-state index contributed by atoms with van der Waals surface area (Å²) < 4.78 is 69.0. The van der Waals surface area contributed by atoms with E-state index in [4.69, 9.17) is 41.4 Å². The Hall–Kier alpha value is -8.22.